The van der Waals surface area contributed by atoms with E-state index in [2.05, 4.69) is 72.8 Å². The molecule has 0 spiro atoms. The van der Waals surface area contributed by atoms with Crippen molar-refractivity contribution in [3.8, 4) is 5.75 Å². The summed E-state index contributed by atoms with van der Waals surface area (Å²) in [6, 6.07) is 15.0. The van der Waals surface area contributed by atoms with E-state index in [9.17, 15) is 4.79 Å². The molecule has 3 aromatic rings. The number of aryl methyl sites for hydroxylation is 2. The van der Waals surface area contributed by atoms with Crippen molar-refractivity contribution in [3.05, 3.63) is 82.9 Å². The molecule has 1 aliphatic rings. The van der Waals surface area contributed by atoms with Crippen molar-refractivity contribution >= 4 is 5.91 Å². The second-order valence-corrected chi connectivity index (χ2v) is 9.45. The second kappa shape index (κ2) is 12.0. The Morgan fingerprint density at radius 1 is 1.09 bits per heavy atom. The average Bonchev–Trinajstić information content (AvgIpc) is 3.33. The number of fused-ring (bicyclic) bond motifs is 3. The number of hydrogen-bond acceptors (Lipinski definition) is 4. The highest BCUT2D eigenvalue weighted by Gasteiger charge is 2.17. The maximum absolute atomic E-state index is 13.3. The summed E-state index contributed by atoms with van der Waals surface area (Å²) in [5.74, 6) is 2.39. The summed E-state index contributed by atoms with van der Waals surface area (Å²) >= 11 is 0. The van der Waals surface area contributed by atoms with Gasteiger partial charge < -0.3 is 18.9 Å². The molecule has 1 aromatic heterocycles. The third kappa shape index (κ3) is 6.73. The number of nitrogens with zero attached hydrogens (tertiary/aromatic N) is 3. The highest BCUT2D eigenvalue weighted by Crippen LogP contribution is 2.25. The Kier molecular flexibility index (Phi) is 8.59. The standard InChI is InChI=1S/C29H37N3O3/c1-4-23-8-9-27-26(19-23)20-24-6-5-7-25(18-24)21-32(14-15-34-16-17-35-27)28(33)10-12-31-13-11-30-29(31)22(2)3/h5-9,11,13,18-19,22H,4,10,12,14-17,20-21H2,1-3H3. The van der Waals surface area contributed by atoms with Gasteiger partial charge >= 0.3 is 0 Å². The molecule has 4 rings (SSSR count). The van der Waals surface area contributed by atoms with E-state index in [1.54, 1.807) is 0 Å². The summed E-state index contributed by atoms with van der Waals surface area (Å²) in [6.07, 6.45) is 5.99. The maximum Gasteiger partial charge on any atom is 0.224 e. The number of rotatable bonds is 5. The van der Waals surface area contributed by atoms with Crippen molar-refractivity contribution < 1.29 is 14.3 Å². The second-order valence-electron chi connectivity index (χ2n) is 9.45. The van der Waals surface area contributed by atoms with E-state index in [-0.39, 0.29) is 5.91 Å². The molecule has 0 radical (unpaired) electrons. The molecule has 0 unspecified atom stereocenters. The molecule has 0 saturated heterocycles. The first-order chi connectivity index (χ1) is 17.0. The van der Waals surface area contributed by atoms with Gasteiger partial charge in [-0.05, 0) is 34.7 Å². The summed E-state index contributed by atoms with van der Waals surface area (Å²) in [5.41, 5.74) is 4.85. The average molecular weight is 476 g/mol. The Morgan fingerprint density at radius 2 is 1.94 bits per heavy atom. The molecular formula is C29H37N3O3. The molecule has 0 saturated carbocycles. The van der Waals surface area contributed by atoms with Crippen LogP contribution in [0.4, 0.5) is 0 Å². The molecule has 2 aromatic carbocycles. The monoisotopic (exact) mass is 475 g/mol. The van der Waals surface area contributed by atoms with Gasteiger partial charge in [-0.25, -0.2) is 4.98 Å². The van der Waals surface area contributed by atoms with Gasteiger partial charge in [0.15, 0.2) is 0 Å². The molecule has 2 bridgehead atoms. The predicted octanol–water partition coefficient (Wildman–Crippen LogP) is 4.99. The van der Waals surface area contributed by atoms with E-state index in [0.717, 1.165) is 30.0 Å². The lowest BCUT2D eigenvalue weighted by atomic mass is 9.99. The molecule has 2 heterocycles. The van der Waals surface area contributed by atoms with Crippen molar-refractivity contribution in [2.24, 2.45) is 0 Å². The Hall–Kier alpha value is -3.12. The summed E-state index contributed by atoms with van der Waals surface area (Å²) in [5, 5.41) is 0. The summed E-state index contributed by atoms with van der Waals surface area (Å²) in [4.78, 5) is 19.6. The molecule has 186 valence electrons. The van der Waals surface area contributed by atoms with Crippen LogP contribution in [0, 0.1) is 0 Å². The number of benzene rings is 2. The van der Waals surface area contributed by atoms with Crippen LogP contribution in [0.3, 0.4) is 0 Å². The largest absolute Gasteiger partial charge is 0.491 e. The zero-order valence-corrected chi connectivity index (χ0v) is 21.2. The molecule has 0 aliphatic carbocycles. The van der Waals surface area contributed by atoms with Crippen LogP contribution in [0.2, 0.25) is 0 Å². The minimum absolute atomic E-state index is 0.128. The molecule has 0 fully saturated rings. The van der Waals surface area contributed by atoms with Crippen molar-refractivity contribution in [1.82, 2.24) is 14.5 Å². The van der Waals surface area contributed by atoms with Crippen LogP contribution in [0.25, 0.3) is 0 Å². The predicted molar refractivity (Wildman–Crippen MR) is 138 cm³/mol. The van der Waals surface area contributed by atoms with Gasteiger partial charge in [0.05, 0.1) is 13.2 Å². The first kappa shape index (κ1) is 25.0. The SMILES string of the molecule is CCc1ccc2c(c1)Cc1cccc(c1)CN(C(=O)CCn1ccnc1C(C)C)CCOCCO2. The molecule has 1 aliphatic heterocycles. The summed E-state index contributed by atoms with van der Waals surface area (Å²) in [6.45, 7) is 9.65. The molecule has 0 N–H and O–H groups in total. The molecular weight excluding hydrogens is 438 g/mol. The third-order valence-electron chi connectivity index (χ3n) is 6.47. The molecule has 6 heteroatoms. The maximum atomic E-state index is 13.3. The number of carbonyl (C=O) groups excluding carboxylic acids is 1. The fourth-order valence-corrected chi connectivity index (χ4v) is 4.57. The number of hydrogen-bond donors (Lipinski definition) is 0. The molecule has 6 nitrogen and oxygen atoms in total. The van der Waals surface area contributed by atoms with Crippen LogP contribution in [-0.4, -0.2) is 46.7 Å². The normalized spacial score (nSPS) is 14.8. The van der Waals surface area contributed by atoms with Gasteiger partial charge in [0.1, 0.15) is 18.2 Å². The lowest BCUT2D eigenvalue weighted by molar-refractivity contribution is -0.132. The van der Waals surface area contributed by atoms with Crippen LogP contribution >= 0.6 is 0 Å². The van der Waals surface area contributed by atoms with Crippen molar-refractivity contribution in [1.29, 1.82) is 0 Å². The van der Waals surface area contributed by atoms with E-state index >= 15 is 0 Å². The summed E-state index contributed by atoms with van der Waals surface area (Å²) in [7, 11) is 0. The van der Waals surface area contributed by atoms with Gasteiger partial charge in [-0.2, -0.15) is 0 Å². The smallest absolute Gasteiger partial charge is 0.224 e. The van der Waals surface area contributed by atoms with E-state index in [4.69, 9.17) is 9.47 Å². The lowest BCUT2D eigenvalue weighted by Crippen LogP contribution is -2.34. The quantitative estimate of drug-likeness (QED) is 0.522. The van der Waals surface area contributed by atoms with Gasteiger partial charge in [-0.15, -0.1) is 0 Å². The van der Waals surface area contributed by atoms with E-state index in [1.165, 1.54) is 16.7 Å². The minimum atomic E-state index is 0.128. The van der Waals surface area contributed by atoms with Gasteiger partial charge in [0.25, 0.3) is 0 Å². The van der Waals surface area contributed by atoms with E-state index in [1.807, 2.05) is 17.3 Å². The lowest BCUT2D eigenvalue weighted by Gasteiger charge is -2.24. The number of amides is 1. The van der Waals surface area contributed by atoms with E-state index in [0.29, 0.717) is 51.8 Å². The Balaban J connectivity index is 1.51. The van der Waals surface area contributed by atoms with Gasteiger partial charge in [0, 0.05) is 50.8 Å². The Labute approximate surface area is 208 Å². The van der Waals surface area contributed by atoms with Gasteiger partial charge in [0.2, 0.25) is 5.91 Å². The van der Waals surface area contributed by atoms with Gasteiger partial charge in [-0.3, -0.25) is 4.79 Å². The fourth-order valence-electron chi connectivity index (χ4n) is 4.57. The number of ether oxygens (including phenoxy) is 2. The first-order valence-corrected chi connectivity index (χ1v) is 12.7. The van der Waals surface area contributed by atoms with Crippen LogP contribution < -0.4 is 4.74 Å². The number of aromatic nitrogens is 2. The van der Waals surface area contributed by atoms with E-state index < -0.39 is 0 Å². The first-order valence-electron chi connectivity index (χ1n) is 12.7. The van der Waals surface area contributed by atoms with Crippen LogP contribution in [0.5, 0.6) is 5.75 Å². The fraction of sp³-hybridized carbons (Fsp3) is 0.448. The van der Waals surface area contributed by atoms with Crippen molar-refractivity contribution in [2.45, 2.75) is 59.0 Å². The van der Waals surface area contributed by atoms with Crippen LogP contribution in [0.1, 0.15) is 61.2 Å². The van der Waals surface area contributed by atoms with Gasteiger partial charge in [-0.1, -0.05) is 57.2 Å². The summed E-state index contributed by atoms with van der Waals surface area (Å²) < 4.78 is 14.0. The minimum Gasteiger partial charge on any atom is -0.491 e. The zero-order valence-electron chi connectivity index (χ0n) is 21.2. The molecule has 0 atom stereocenters. The number of imidazole rings is 1. The third-order valence-corrected chi connectivity index (χ3v) is 6.47. The van der Waals surface area contributed by atoms with Crippen molar-refractivity contribution in [3.63, 3.8) is 0 Å². The highest BCUT2D eigenvalue weighted by molar-refractivity contribution is 5.76. The zero-order chi connectivity index (χ0) is 24.6. The Morgan fingerprint density at radius 3 is 2.77 bits per heavy atom. The Bertz CT molecular complexity index is 1120. The molecule has 35 heavy (non-hydrogen) atoms. The van der Waals surface area contributed by atoms with Crippen LogP contribution in [0.15, 0.2) is 54.9 Å². The van der Waals surface area contributed by atoms with Crippen LogP contribution in [-0.2, 0) is 35.5 Å². The molecule has 1 amide bonds. The highest BCUT2D eigenvalue weighted by atomic mass is 16.5. The topological polar surface area (TPSA) is 56.6 Å². The number of carbonyl (C=O) groups is 1. The van der Waals surface area contributed by atoms with Crippen molar-refractivity contribution in [2.75, 3.05) is 26.4 Å².